The predicted octanol–water partition coefficient (Wildman–Crippen LogP) is 4.49. The van der Waals surface area contributed by atoms with Gasteiger partial charge in [0.15, 0.2) is 18.2 Å². The number of rotatable bonds is 6. The van der Waals surface area contributed by atoms with Crippen LogP contribution in [-0.4, -0.2) is 5.78 Å². The minimum absolute atomic E-state index is 0.0127. The van der Waals surface area contributed by atoms with Gasteiger partial charge in [-0.1, -0.05) is 41.9 Å². The highest BCUT2D eigenvalue weighted by Gasteiger charge is 2.19. The lowest BCUT2D eigenvalue weighted by Crippen LogP contribution is -2.26. The number of hydrogen-bond acceptors (Lipinski definition) is 2. The maximum Gasteiger partial charge on any atom is 0.191 e. The molecule has 0 bridgehead atoms. The Labute approximate surface area is 139 Å². The number of Topliss-reactive ketones (excluding diaryl/α,β-unsaturated/α-hetero) is 1. The summed E-state index contributed by atoms with van der Waals surface area (Å²) in [5.41, 5.74) is 1.64. The molecular weight excluding hydrogens is 342 g/mol. The van der Waals surface area contributed by atoms with E-state index in [9.17, 15) is 10.0 Å². The Morgan fingerprint density at radius 2 is 1.91 bits per heavy atom. The normalized spacial score (nSPS) is 12.4. The summed E-state index contributed by atoms with van der Waals surface area (Å²) in [5, 5.41) is 11.3. The molecule has 0 aliphatic rings. The van der Waals surface area contributed by atoms with E-state index in [0.717, 1.165) is 16.5 Å². The van der Waals surface area contributed by atoms with Gasteiger partial charge in [-0.2, -0.15) is 4.73 Å². The third-order valence-electron chi connectivity index (χ3n) is 3.63. The van der Waals surface area contributed by atoms with E-state index < -0.39 is 0 Å². The Morgan fingerprint density at radius 3 is 2.50 bits per heavy atom. The van der Waals surface area contributed by atoms with Gasteiger partial charge in [0, 0.05) is 17.0 Å². The van der Waals surface area contributed by atoms with Gasteiger partial charge in [-0.15, -0.1) is 0 Å². The summed E-state index contributed by atoms with van der Waals surface area (Å²) in [6, 6.07) is 11.4. The Hall–Kier alpha value is -1.68. The van der Waals surface area contributed by atoms with Crippen LogP contribution >= 0.6 is 15.9 Å². The van der Waals surface area contributed by atoms with Gasteiger partial charge in [0.25, 0.3) is 0 Å². The van der Waals surface area contributed by atoms with Crippen molar-refractivity contribution in [1.82, 2.24) is 0 Å². The topological polar surface area (TPSA) is 44.0 Å². The summed E-state index contributed by atoms with van der Waals surface area (Å²) in [6.45, 7) is 4.31. The Balaban J connectivity index is 2.19. The molecule has 2 rings (SSSR count). The molecule has 22 heavy (non-hydrogen) atoms. The van der Waals surface area contributed by atoms with Crippen molar-refractivity contribution < 1.29 is 9.52 Å². The first-order valence-corrected chi connectivity index (χ1v) is 8.22. The molecule has 0 fully saturated rings. The Morgan fingerprint density at radius 1 is 1.23 bits per heavy atom. The molecule has 1 aromatic carbocycles. The first kappa shape index (κ1) is 16.7. The lowest BCUT2D eigenvalue weighted by Gasteiger charge is -2.19. The first-order chi connectivity index (χ1) is 10.5. The van der Waals surface area contributed by atoms with Crippen LogP contribution in [0, 0.1) is 11.1 Å². The number of benzene rings is 1. The van der Waals surface area contributed by atoms with E-state index in [4.69, 9.17) is 0 Å². The molecule has 0 aliphatic carbocycles. The van der Waals surface area contributed by atoms with Crippen LogP contribution in [0.15, 0.2) is 53.3 Å². The van der Waals surface area contributed by atoms with Crippen molar-refractivity contribution in [1.29, 1.82) is 0 Å². The molecule has 1 heterocycles. The molecule has 4 heteroatoms. The number of pyridine rings is 1. The molecule has 2 aromatic rings. The lowest BCUT2D eigenvalue weighted by molar-refractivity contribution is -0.605. The molecule has 1 atom stereocenters. The van der Waals surface area contributed by atoms with E-state index in [0.29, 0.717) is 22.6 Å². The van der Waals surface area contributed by atoms with Gasteiger partial charge < -0.3 is 5.21 Å². The van der Waals surface area contributed by atoms with Gasteiger partial charge in [-0.05, 0) is 42.0 Å². The van der Waals surface area contributed by atoms with Gasteiger partial charge in [-0.3, -0.25) is 4.79 Å². The van der Waals surface area contributed by atoms with Gasteiger partial charge >= 0.3 is 0 Å². The van der Waals surface area contributed by atoms with Crippen LogP contribution in [0.5, 0.6) is 0 Å². The molecule has 0 N–H and O–H groups in total. The van der Waals surface area contributed by atoms with Crippen LogP contribution in [0.25, 0.3) is 0 Å². The molecular formula is C18H20BrNO2. The van der Waals surface area contributed by atoms with E-state index >= 15 is 0 Å². The van der Waals surface area contributed by atoms with Gasteiger partial charge in [0.1, 0.15) is 0 Å². The van der Waals surface area contributed by atoms with Gasteiger partial charge in [0.05, 0.1) is 5.56 Å². The monoisotopic (exact) mass is 361 g/mol. The van der Waals surface area contributed by atoms with Crippen molar-refractivity contribution >= 4 is 21.7 Å². The smallest absolute Gasteiger partial charge is 0.191 e. The number of carbonyl (C=O) groups excluding carboxylic acids is 1. The van der Waals surface area contributed by atoms with Crippen molar-refractivity contribution in [2.45, 2.75) is 32.6 Å². The lowest BCUT2D eigenvalue weighted by atomic mass is 9.85. The fourth-order valence-corrected chi connectivity index (χ4v) is 2.87. The number of ketones is 1. The van der Waals surface area contributed by atoms with Gasteiger partial charge in [0.2, 0.25) is 0 Å². The summed E-state index contributed by atoms with van der Waals surface area (Å²) in [7, 11) is 0. The minimum Gasteiger partial charge on any atom is -0.619 e. The Bertz CT molecular complexity index is 638. The SMILES string of the molecule is CC(C)CC(CC(=O)c1ccc[n+]([O-])c1)c1ccc(Br)cc1. The highest BCUT2D eigenvalue weighted by atomic mass is 79.9. The molecule has 0 saturated carbocycles. The third kappa shape index (κ3) is 4.67. The van der Waals surface area contributed by atoms with E-state index in [-0.39, 0.29) is 11.7 Å². The van der Waals surface area contributed by atoms with E-state index in [1.54, 1.807) is 12.1 Å². The minimum atomic E-state index is 0.0127. The van der Waals surface area contributed by atoms with E-state index in [2.05, 4.69) is 41.9 Å². The van der Waals surface area contributed by atoms with E-state index in [1.165, 1.54) is 12.4 Å². The maximum absolute atomic E-state index is 12.5. The standard InChI is InChI=1S/C18H20BrNO2/c1-13(2)10-16(14-5-7-17(19)8-6-14)11-18(21)15-4-3-9-20(22)12-15/h3-9,12-13,16H,10-11H2,1-2H3. The largest absolute Gasteiger partial charge is 0.619 e. The van der Waals surface area contributed by atoms with Crippen molar-refractivity contribution in [3.05, 3.63) is 69.6 Å². The highest BCUT2D eigenvalue weighted by Crippen LogP contribution is 2.29. The highest BCUT2D eigenvalue weighted by molar-refractivity contribution is 9.10. The van der Waals surface area contributed by atoms with Crippen LogP contribution in [0.2, 0.25) is 0 Å². The molecule has 0 radical (unpaired) electrons. The van der Waals surface area contributed by atoms with Crippen molar-refractivity contribution in [2.75, 3.05) is 0 Å². The summed E-state index contributed by atoms with van der Waals surface area (Å²) in [6.07, 6.45) is 4.09. The third-order valence-corrected chi connectivity index (χ3v) is 4.15. The zero-order valence-electron chi connectivity index (χ0n) is 12.8. The van der Waals surface area contributed by atoms with Crippen molar-refractivity contribution in [3.63, 3.8) is 0 Å². The molecule has 1 unspecified atom stereocenters. The summed E-state index contributed by atoms with van der Waals surface area (Å²) >= 11 is 3.44. The molecule has 0 amide bonds. The number of carbonyl (C=O) groups is 1. The van der Waals surface area contributed by atoms with Crippen molar-refractivity contribution in [2.24, 2.45) is 5.92 Å². The average molecular weight is 362 g/mol. The molecule has 1 aromatic heterocycles. The maximum atomic E-state index is 12.5. The van der Waals surface area contributed by atoms with Crippen LogP contribution in [0.4, 0.5) is 0 Å². The van der Waals surface area contributed by atoms with Crippen LogP contribution < -0.4 is 4.73 Å². The van der Waals surface area contributed by atoms with Crippen LogP contribution in [0.1, 0.15) is 48.5 Å². The van der Waals surface area contributed by atoms with Gasteiger partial charge in [-0.25, -0.2) is 0 Å². The second kappa shape index (κ2) is 7.54. The Kier molecular flexibility index (Phi) is 5.72. The number of hydrogen-bond donors (Lipinski definition) is 0. The zero-order valence-corrected chi connectivity index (χ0v) is 14.4. The van der Waals surface area contributed by atoms with Crippen LogP contribution in [-0.2, 0) is 0 Å². The quantitative estimate of drug-likeness (QED) is 0.432. The number of nitrogens with zero attached hydrogens (tertiary/aromatic N) is 1. The average Bonchev–Trinajstić information content (AvgIpc) is 2.47. The molecule has 0 aliphatic heterocycles. The predicted molar refractivity (Wildman–Crippen MR) is 90.7 cm³/mol. The summed E-state index contributed by atoms with van der Waals surface area (Å²) in [4.78, 5) is 12.5. The fraction of sp³-hybridized carbons (Fsp3) is 0.333. The number of halogens is 1. The fourth-order valence-electron chi connectivity index (χ4n) is 2.60. The van der Waals surface area contributed by atoms with E-state index in [1.807, 2.05) is 12.1 Å². The molecule has 0 spiro atoms. The number of aromatic nitrogens is 1. The molecule has 3 nitrogen and oxygen atoms in total. The second-order valence-corrected chi connectivity index (χ2v) is 6.87. The molecule has 116 valence electrons. The summed E-state index contributed by atoms with van der Waals surface area (Å²) in [5.74, 6) is 0.682. The van der Waals surface area contributed by atoms with Crippen LogP contribution in [0.3, 0.4) is 0 Å². The first-order valence-electron chi connectivity index (χ1n) is 7.43. The summed E-state index contributed by atoms with van der Waals surface area (Å²) < 4.78 is 1.70. The zero-order chi connectivity index (χ0) is 16.1. The van der Waals surface area contributed by atoms with Crippen molar-refractivity contribution in [3.8, 4) is 0 Å². The second-order valence-electron chi connectivity index (χ2n) is 5.96. The molecule has 0 saturated heterocycles.